The highest BCUT2D eigenvalue weighted by Crippen LogP contribution is 2.20. The fourth-order valence-electron chi connectivity index (χ4n) is 0.703. The molecule has 66 valence electrons. The van der Waals surface area contributed by atoms with Crippen LogP contribution in [0.4, 0.5) is 0 Å². The van der Waals surface area contributed by atoms with Crippen LogP contribution in [0.1, 0.15) is 0 Å². The highest BCUT2D eigenvalue weighted by Gasteiger charge is 1.99. The maximum Gasteiger partial charge on any atom is 0.134 e. The molecule has 0 spiro atoms. The molecule has 0 unspecified atom stereocenters. The van der Waals surface area contributed by atoms with E-state index in [1.54, 1.807) is 12.1 Å². The zero-order chi connectivity index (χ0) is 8.97. The van der Waals surface area contributed by atoms with Crippen molar-refractivity contribution in [1.82, 2.24) is 4.98 Å². The number of aromatic nitrogens is 1. The van der Waals surface area contributed by atoms with E-state index in [4.69, 9.17) is 33.7 Å². The Morgan fingerprint density at radius 3 is 2.42 bits per heavy atom. The monoisotopic (exact) mass is 206 g/mol. The van der Waals surface area contributed by atoms with Crippen molar-refractivity contribution in [2.24, 2.45) is 5.73 Å². The van der Waals surface area contributed by atoms with Crippen molar-refractivity contribution >= 4 is 23.2 Å². The van der Waals surface area contributed by atoms with Gasteiger partial charge in [-0.25, -0.2) is 4.98 Å². The van der Waals surface area contributed by atoms with Crippen molar-refractivity contribution in [3.63, 3.8) is 0 Å². The van der Waals surface area contributed by atoms with Gasteiger partial charge in [-0.3, -0.25) is 0 Å². The van der Waals surface area contributed by atoms with Crippen LogP contribution in [-0.4, -0.2) is 18.1 Å². The number of nitrogens with zero attached hydrogens (tertiary/aromatic N) is 1. The molecule has 0 atom stereocenters. The van der Waals surface area contributed by atoms with Gasteiger partial charge < -0.3 is 10.5 Å². The molecule has 12 heavy (non-hydrogen) atoms. The predicted molar refractivity (Wildman–Crippen MR) is 48.8 cm³/mol. The van der Waals surface area contributed by atoms with Crippen LogP contribution in [0.2, 0.25) is 10.3 Å². The van der Waals surface area contributed by atoms with E-state index < -0.39 is 0 Å². The van der Waals surface area contributed by atoms with E-state index in [-0.39, 0.29) is 0 Å². The Morgan fingerprint density at radius 2 is 1.92 bits per heavy atom. The van der Waals surface area contributed by atoms with Gasteiger partial charge >= 0.3 is 0 Å². The van der Waals surface area contributed by atoms with Crippen molar-refractivity contribution in [3.8, 4) is 5.75 Å². The van der Waals surface area contributed by atoms with Crippen molar-refractivity contribution in [3.05, 3.63) is 22.4 Å². The topological polar surface area (TPSA) is 48.1 Å². The first-order valence-electron chi connectivity index (χ1n) is 3.38. The number of hydrogen-bond acceptors (Lipinski definition) is 3. The number of rotatable bonds is 3. The minimum Gasteiger partial charge on any atom is -0.492 e. The second-order valence-corrected chi connectivity index (χ2v) is 2.86. The molecule has 0 fully saturated rings. The van der Waals surface area contributed by atoms with Crippen LogP contribution in [0.3, 0.4) is 0 Å². The van der Waals surface area contributed by atoms with Crippen LogP contribution in [0.5, 0.6) is 5.75 Å². The Kier molecular flexibility index (Phi) is 3.59. The number of ether oxygens (including phenoxy) is 1. The first-order valence-corrected chi connectivity index (χ1v) is 4.14. The summed E-state index contributed by atoms with van der Waals surface area (Å²) in [6, 6.07) is 3.17. The molecule has 0 saturated heterocycles. The second kappa shape index (κ2) is 4.50. The maximum absolute atomic E-state index is 5.62. The third-order valence-corrected chi connectivity index (χ3v) is 1.51. The van der Waals surface area contributed by atoms with Crippen LogP contribution in [0.15, 0.2) is 12.1 Å². The standard InChI is InChI=1S/C7H8Cl2N2O/c8-6-3-5(12-2-1-10)4-7(9)11-6/h3-4H,1-2,10H2. The van der Waals surface area contributed by atoms with Gasteiger partial charge in [0.1, 0.15) is 22.7 Å². The fourth-order valence-corrected chi connectivity index (χ4v) is 1.14. The average Bonchev–Trinajstić information content (AvgIpc) is 1.99. The summed E-state index contributed by atoms with van der Waals surface area (Å²) in [6.07, 6.45) is 0. The van der Waals surface area contributed by atoms with Crippen molar-refractivity contribution < 1.29 is 4.74 Å². The van der Waals surface area contributed by atoms with E-state index in [1.165, 1.54) is 0 Å². The summed E-state index contributed by atoms with van der Waals surface area (Å²) in [6.45, 7) is 0.897. The quantitative estimate of drug-likeness (QED) is 0.767. The van der Waals surface area contributed by atoms with E-state index in [0.717, 1.165) is 0 Å². The van der Waals surface area contributed by atoms with Gasteiger partial charge in [-0.1, -0.05) is 23.2 Å². The zero-order valence-corrected chi connectivity index (χ0v) is 7.77. The molecule has 0 amide bonds. The van der Waals surface area contributed by atoms with Gasteiger partial charge in [-0.15, -0.1) is 0 Å². The Morgan fingerprint density at radius 1 is 1.33 bits per heavy atom. The van der Waals surface area contributed by atoms with Crippen molar-refractivity contribution in [1.29, 1.82) is 0 Å². The summed E-state index contributed by atoms with van der Waals surface area (Å²) < 4.78 is 5.18. The van der Waals surface area contributed by atoms with Crippen molar-refractivity contribution in [2.45, 2.75) is 0 Å². The molecule has 0 aromatic carbocycles. The molecule has 3 nitrogen and oxygen atoms in total. The molecule has 1 rings (SSSR count). The summed E-state index contributed by atoms with van der Waals surface area (Å²) in [7, 11) is 0. The highest BCUT2D eigenvalue weighted by atomic mass is 35.5. The number of halogens is 2. The van der Waals surface area contributed by atoms with E-state index in [1.807, 2.05) is 0 Å². The molecule has 1 aromatic heterocycles. The molecule has 0 bridgehead atoms. The summed E-state index contributed by atoms with van der Waals surface area (Å²) in [5.41, 5.74) is 5.25. The molecule has 0 aliphatic rings. The first-order chi connectivity index (χ1) is 5.72. The van der Waals surface area contributed by atoms with Crippen molar-refractivity contribution in [2.75, 3.05) is 13.2 Å². The highest BCUT2D eigenvalue weighted by molar-refractivity contribution is 6.32. The van der Waals surface area contributed by atoms with E-state index in [2.05, 4.69) is 4.98 Å². The van der Waals surface area contributed by atoms with Gasteiger partial charge in [0, 0.05) is 18.7 Å². The largest absolute Gasteiger partial charge is 0.492 e. The zero-order valence-electron chi connectivity index (χ0n) is 6.26. The predicted octanol–water partition coefficient (Wildman–Crippen LogP) is 1.73. The minimum absolute atomic E-state index is 0.314. The van der Waals surface area contributed by atoms with Crippen LogP contribution in [0, 0.1) is 0 Å². The number of hydrogen-bond donors (Lipinski definition) is 1. The van der Waals surface area contributed by atoms with E-state index >= 15 is 0 Å². The lowest BCUT2D eigenvalue weighted by Crippen LogP contribution is -2.10. The van der Waals surface area contributed by atoms with Gasteiger partial charge in [0.05, 0.1) is 0 Å². The van der Waals surface area contributed by atoms with Crippen LogP contribution in [-0.2, 0) is 0 Å². The lowest BCUT2D eigenvalue weighted by molar-refractivity contribution is 0.328. The van der Waals surface area contributed by atoms with Crippen LogP contribution in [0.25, 0.3) is 0 Å². The Bertz CT molecular complexity index is 247. The molecule has 0 aliphatic carbocycles. The lowest BCUT2D eigenvalue weighted by Gasteiger charge is -2.04. The first kappa shape index (κ1) is 9.58. The Labute approximate surface area is 80.4 Å². The third-order valence-electron chi connectivity index (χ3n) is 1.12. The normalized spacial score (nSPS) is 9.92. The summed E-state index contributed by atoms with van der Waals surface area (Å²) >= 11 is 11.2. The molecule has 5 heteroatoms. The van der Waals surface area contributed by atoms with Gasteiger partial charge in [-0.2, -0.15) is 0 Å². The second-order valence-electron chi connectivity index (χ2n) is 2.09. The molecule has 0 saturated carbocycles. The molecular formula is C7H8Cl2N2O. The SMILES string of the molecule is NCCOc1cc(Cl)nc(Cl)c1. The Hall–Kier alpha value is -0.510. The third kappa shape index (κ3) is 2.85. The minimum atomic E-state index is 0.314. The van der Waals surface area contributed by atoms with E-state index in [9.17, 15) is 0 Å². The van der Waals surface area contributed by atoms with Gasteiger partial charge in [0.2, 0.25) is 0 Å². The fraction of sp³-hybridized carbons (Fsp3) is 0.286. The molecule has 2 N–H and O–H groups in total. The molecule has 1 heterocycles. The smallest absolute Gasteiger partial charge is 0.134 e. The summed E-state index contributed by atoms with van der Waals surface area (Å²) in [5, 5.41) is 0.629. The van der Waals surface area contributed by atoms with Crippen LogP contribution < -0.4 is 10.5 Å². The number of nitrogens with two attached hydrogens (primary N) is 1. The van der Waals surface area contributed by atoms with Gasteiger partial charge in [0.25, 0.3) is 0 Å². The summed E-state index contributed by atoms with van der Waals surface area (Å²) in [4.78, 5) is 3.76. The lowest BCUT2D eigenvalue weighted by atomic mass is 10.4. The number of pyridine rings is 1. The molecule has 0 radical (unpaired) electrons. The van der Waals surface area contributed by atoms with Crippen LogP contribution >= 0.6 is 23.2 Å². The Balaban J connectivity index is 2.72. The van der Waals surface area contributed by atoms with E-state index in [0.29, 0.717) is 29.2 Å². The molecular weight excluding hydrogens is 199 g/mol. The summed E-state index contributed by atoms with van der Waals surface area (Å²) in [5.74, 6) is 0.588. The van der Waals surface area contributed by atoms with Gasteiger partial charge in [-0.05, 0) is 0 Å². The van der Waals surface area contributed by atoms with Gasteiger partial charge in [0.15, 0.2) is 0 Å². The maximum atomic E-state index is 5.62. The average molecular weight is 207 g/mol. The molecule has 0 aliphatic heterocycles. The molecule has 1 aromatic rings.